The first kappa shape index (κ1) is 24.1. The Labute approximate surface area is 197 Å². The number of aromatic nitrogens is 1. The Balaban J connectivity index is 1.24. The number of likely N-dealkylation sites (N-methyl/N-ethyl adjacent to an activating group) is 1. The third-order valence-electron chi connectivity index (χ3n) is 6.08. The van der Waals surface area contributed by atoms with E-state index in [0.717, 1.165) is 55.0 Å². The van der Waals surface area contributed by atoms with Crippen molar-refractivity contribution in [2.75, 3.05) is 58.3 Å². The molecule has 0 saturated carbocycles. The fourth-order valence-electron chi connectivity index (χ4n) is 4.14. The van der Waals surface area contributed by atoms with Gasteiger partial charge in [0.15, 0.2) is 5.76 Å². The van der Waals surface area contributed by atoms with E-state index in [2.05, 4.69) is 15.0 Å². The van der Waals surface area contributed by atoms with E-state index in [9.17, 15) is 13.2 Å². The Morgan fingerprint density at radius 1 is 1.03 bits per heavy atom. The molecule has 2 aromatic carbocycles. The Bertz CT molecular complexity index is 1080. The van der Waals surface area contributed by atoms with Crippen LogP contribution in [-0.2, 0) is 12.7 Å². The number of methoxy groups -OCH3 is 1. The third kappa shape index (κ3) is 5.90. The van der Waals surface area contributed by atoms with Gasteiger partial charge in [-0.15, -0.1) is 0 Å². The molecule has 1 aromatic heterocycles. The molecule has 0 amide bonds. The van der Waals surface area contributed by atoms with Crippen LogP contribution in [0.25, 0.3) is 11.3 Å². The lowest BCUT2D eigenvalue weighted by Crippen LogP contribution is -2.48. The first-order valence-electron chi connectivity index (χ1n) is 11.3. The summed E-state index contributed by atoms with van der Waals surface area (Å²) >= 11 is 0. The molecule has 0 radical (unpaired) electrons. The summed E-state index contributed by atoms with van der Waals surface area (Å²) in [5.74, 6) is 1.53. The van der Waals surface area contributed by atoms with Crippen LogP contribution >= 0.6 is 0 Å². The van der Waals surface area contributed by atoms with Crippen LogP contribution in [0.3, 0.4) is 0 Å². The van der Waals surface area contributed by atoms with Crippen molar-refractivity contribution < 1.29 is 22.4 Å². The highest BCUT2D eigenvalue weighted by atomic mass is 19.4. The Morgan fingerprint density at radius 3 is 2.53 bits per heavy atom. The maximum absolute atomic E-state index is 13.0. The van der Waals surface area contributed by atoms with Crippen molar-refractivity contribution in [2.45, 2.75) is 12.7 Å². The van der Waals surface area contributed by atoms with Gasteiger partial charge in [0.2, 0.25) is 0 Å². The van der Waals surface area contributed by atoms with Crippen LogP contribution in [0, 0.1) is 0 Å². The fourth-order valence-corrected chi connectivity index (χ4v) is 4.14. The van der Waals surface area contributed by atoms with Gasteiger partial charge >= 0.3 is 6.18 Å². The highest BCUT2D eigenvalue weighted by Gasteiger charge is 2.31. The molecular weight excluding hydrogens is 445 g/mol. The van der Waals surface area contributed by atoms with Gasteiger partial charge in [-0.3, -0.25) is 9.80 Å². The van der Waals surface area contributed by atoms with Gasteiger partial charge in [-0.2, -0.15) is 13.2 Å². The van der Waals surface area contributed by atoms with Gasteiger partial charge in [0.05, 0.1) is 19.2 Å². The quantitative estimate of drug-likeness (QED) is 0.475. The van der Waals surface area contributed by atoms with E-state index in [-0.39, 0.29) is 0 Å². The molecule has 2 heterocycles. The van der Waals surface area contributed by atoms with Gasteiger partial charge in [0.25, 0.3) is 0 Å². The van der Waals surface area contributed by atoms with E-state index in [1.807, 2.05) is 42.3 Å². The van der Waals surface area contributed by atoms with Gasteiger partial charge < -0.3 is 14.2 Å². The molecule has 182 valence electrons. The molecule has 3 aromatic rings. The lowest BCUT2D eigenvalue weighted by atomic mass is 10.1. The average Bonchev–Trinajstić information content (AvgIpc) is 3.31. The second-order valence-corrected chi connectivity index (χ2v) is 8.49. The summed E-state index contributed by atoms with van der Waals surface area (Å²) in [5, 5.41) is 4.19. The van der Waals surface area contributed by atoms with Crippen molar-refractivity contribution in [1.82, 2.24) is 15.0 Å². The summed E-state index contributed by atoms with van der Waals surface area (Å²) < 4.78 is 49.9. The smallest absolute Gasteiger partial charge is 0.416 e. The molecule has 1 saturated heterocycles. The number of halogens is 3. The first-order valence-corrected chi connectivity index (χ1v) is 11.3. The van der Waals surface area contributed by atoms with E-state index in [1.54, 1.807) is 13.2 Å². The average molecular weight is 475 g/mol. The van der Waals surface area contributed by atoms with Crippen molar-refractivity contribution in [3.63, 3.8) is 0 Å². The van der Waals surface area contributed by atoms with Crippen LogP contribution in [0.1, 0.15) is 11.3 Å². The summed E-state index contributed by atoms with van der Waals surface area (Å²) in [6, 6.07) is 15.2. The molecule has 0 atom stereocenters. The third-order valence-corrected chi connectivity index (χ3v) is 6.08. The lowest BCUT2D eigenvalue weighted by molar-refractivity contribution is -0.137. The van der Waals surface area contributed by atoms with Crippen LogP contribution in [0.15, 0.2) is 59.1 Å². The lowest BCUT2D eigenvalue weighted by Gasteiger charge is -2.36. The summed E-state index contributed by atoms with van der Waals surface area (Å²) in [6.07, 6.45) is -4.32. The van der Waals surface area contributed by atoms with Gasteiger partial charge in [0.1, 0.15) is 11.4 Å². The number of para-hydroxylation sites is 1. The minimum atomic E-state index is -4.32. The van der Waals surface area contributed by atoms with Gasteiger partial charge in [-0.05, 0) is 37.4 Å². The molecule has 1 aliphatic heterocycles. The fraction of sp³-hybridized carbons (Fsp3) is 0.400. The minimum Gasteiger partial charge on any atom is -0.496 e. The number of nitrogens with zero attached hydrogens (tertiary/aromatic N) is 4. The number of ether oxygens (including phenoxy) is 1. The Morgan fingerprint density at radius 2 is 1.79 bits per heavy atom. The van der Waals surface area contributed by atoms with Crippen LogP contribution in [0.2, 0.25) is 0 Å². The number of piperazine rings is 1. The molecular formula is C25H29F3N4O2. The van der Waals surface area contributed by atoms with Crippen LogP contribution in [0.4, 0.5) is 18.9 Å². The molecule has 1 aliphatic rings. The minimum absolute atomic E-state index is 0.602. The number of anilines is 1. The predicted octanol–water partition coefficient (Wildman–Crippen LogP) is 4.62. The first-order chi connectivity index (χ1) is 16.3. The van der Waals surface area contributed by atoms with Crippen molar-refractivity contribution in [3.05, 3.63) is 65.9 Å². The second-order valence-electron chi connectivity index (χ2n) is 8.49. The number of hydrogen-bond acceptors (Lipinski definition) is 6. The van der Waals surface area contributed by atoms with E-state index in [0.29, 0.717) is 25.3 Å². The number of alkyl halides is 3. The van der Waals surface area contributed by atoms with Crippen molar-refractivity contribution in [2.24, 2.45) is 0 Å². The molecule has 34 heavy (non-hydrogen) atoms. The highest BCUT2D eigenvalue weighted by molar-refractivity contribution is 5.66. The molecule has 0 aliphatic carbocycles. The SMILES string of the molecule is COc1ccccc1-c1cc(CN(C)CCN2CCN(c3cccc(C(F)(F)F)c3)CC2)on1. The molecule has 0 N–H and O–H groups in total. The Hall–Kier alpha value is -3.04. The molecule has 0 bridgehead atoms. The Kier molecular flexibility index (Phi) is 7.43. The van der Waals surface area contributed by atoms with Crippen LogP contribution in [-0.4, -0.2) is 68.4 Å². The predicted molar refractivity (Wildman–Crippen MR) is 125 cm³/mol. The second kappa shape index (κ2) is 10.5. The molecule has 6 nitrogen and oxygen atoms in total. The largest absolute Gasteiger partial charge is 0.496 e. The van der Waals surface area contributed by atoms with Gasteiger partial charge in [0, 0.05) is 56.6 Å². The zero-order chi connectivity index (χ0) is 24.1. The zero-order valence-corrected chi connectivity index (χ0v) is 19.4. The van der Waals surface area contributed by atoms with E-state index in [1.165, 1.54) is 12.1 Å². The summed E-state index contributed by atoms with van der Waals surface area (Å²) in [4.78, 5) is 6.52. The van der Waals surface area contributed by atoms with Crippen LogP contribution < -0.4 is 9.64 Å². The standard InChI is InChI=1S/C25H29F3N4O2/c1-30(18-21-17-23(29-34-21)22-8-3-4-9-24(22)33-2)10-11-31-12-14-32(15-13-31)20-7-5-6-19(16-20)25(26,27)28/h3-9,16-17H,10-15,18H2,1-2H3. The summed E-state index contributed by atoms with van der Waals surface area (Å²) in [7, 11) is 3.66. The molecule has 0 unspecified atom stereocenters. The monoisotopic (exact) mass is 474 g/mol. The summed E-state index contributed by atoms with van der Waals surface area (Å²) in [5.41, 5.74) is 1.66. The topological polar surface area (TPSA) is 45.0 Å². The highest BCUT2D eigenvalue weighted by Crippen LogP contribution is 2.32. The molecule has 9 heteroatoms. The molecule has 0 spiro atoms. The van der Waals surface area contributed by atoms with E-state index < -0.39 is 11.7 Å². The molecule has 1 fully saturated rings. The van der Waals surface area contributed by atoms with Crippen LogP contribution in [0.5, 0.6) is 5.75 Å². The van der Waals surface area contributed by atoms with Gasteiger partial charge in [-0.25, -0.2) is 0 Å². The maximum Gasteiger partial charge on any atom is 0.416 e. The summed E-state index contributed by atoms with van der Waals surface area (Å²) in [6.45, 7) is 5.38. The zero-order valence-electron chi connectivity index (χ0n) is 19.4. The number of hydrogen-bond donors (Lipinski definition) is 0. The number of rotatable bonds is 8. The molecule has 4 rings (SSSR count). The van der Waals surface area contributed by atoms with E-state index >= 15 is 0 Å². The normalized spacial score (nSPS) is 15.2. The van der Waals surface area contributed by atoms with E-state index in [4.69, 9.17) is 9.26 Å². The van der Waals surface area contributed by atoms with Crippen molar-refractivity contribution in [3.8, 4) is 17.0 Å². The number of benzene rings is 2. The maximum atomic E-state index is 13.0. The van der Waals surface area contributed by atoms with Crippen molar-refractivity contribution in [1.29, 1.82) is 0 Å². The van der Waals surface area contributed by atoms with Crippen molar-refractivity contribution >= 4 is 5.69 Å². The van der Waals surface area contributed by atoms with Gasteiger partial charge in [-0.1, -0.05) is 23.4 Å².